The fourth-order valence-electron chi connectivity index (χ4n) is 3.94. The van der Waals surface area contributed by atoms with E-state index in [1.165, 1.54) is 6.92 Å². The molecule has 0 saturated carbocycles. The zero-order chi connectivity index (χ0) is 23.5. The van der Waals surface area contributed by atoms with Crippen molar-refractivity contribution in [2.75, 3.05) is 6.61 Å². The van der Waals surface area contributed by atoms with Gasteiger partial charge in [0.15, 0.2) is 0 Å². The Morgan fingerprint density at radius 3 is 2.03 bits per heavy atom. The highest BCUT2D eigenvalue weighted by molar-refractivity contribution is 5.91. The number of carbonyl (C=O) groups is 3. The fraction of sp³-hybridized carbons (Fsp3) is 0.400. The largest absolute Gasteiger partial charge is 0.480 e. The van der Waals surface area contributed by atoms with Crippen LogP contribution in [0.15, 0.2) is 48.5 Å². The standard InChI is InChI=1S/C25H30N2O5/c1-5-25(4,23(29)30)27-22(28)21(15(2)3)26-24(31)32-14-20-18-12-8-6-10-16(18)17-11-7-9-13-19(17)20/h6-13,15,20-21H,5,14H2,1-4H3,(H,26,31)(H,27,28)(H,29,30)/t21-,25?/m0/s1. The average Bonchev–Trinajstić information content (AvgIpc) is 3.09. The van der Waals surface area contributed by atoms with Gasteiger partial charge in [0.1, 0.15) is 18.2 Å². The molecule has 1 aliphatic rings. The summed E-state index contributed by atoms with van der Waals surface area (Å²) in [6, 6.07) is 15.1. The monoisotopic (exact) mass is 438 g/mol. The summed E-state index contributed by atoms with van der Waals surface area (Å²) >= 11 is 0. The van der Waals surface area contributed by atoms with Crippen molar-refractivity contribution in [2.24, 2.45) is 5.92 Å². The summed E-state index contributed by atoms with van der Waals surface area (Å²) in [4.78, 5) is 36.9. The number of amides is 2. The van der Waals surface area contributed by atoms with Crippen molar-refractivity contribution >= 4 is 18.0 Å². The van der Waals surface area contributed by atoms with Gasteiger partial charge in [-0.3, -0.25) is 4.79 Å². The molecular formula is C25H30N2O5. The predicted molar refractivity (Wildman–Crippen MR) is 121 cm³/mol. The second kappa shape index (κ2) is 9.42. The molecule has 0 spiro atoms. The van der Waals surface area contributed by atoms with Gasteiger partial charge < -0.3 is 20.5 Å². The molecule has 1 aliphatic carbocycles. The lowest BCUT2D eigenvalue weighted by atomic mass is 9.96. The minimum Gasteiger partial charge on any atom is -0.480 e. The zero-order valence-electron chi connectivity index (χ0n) is 18.8. The summed E-state index contributed by atoms with van der Waals surface area (Å²) in [5.74, 6) is -2.03. The number of alkyl carbamates (subject to hydrolysis) is 1. The lowest BCUT2D eigenvalue weighted by Crippen LogP contribution is -2.58. The van der Waals surface area contributed by atoms with Gasteiger partial charge in [-0.2, -0.15) is 0 Å². The highest BCUT2D eigenvalue weighted by Gasteiger charge is 2.36. The van der Waals surface area contributed by atoms with Crippen LogP contribution in [-0.2, 0) is 14.3 Å². The van der Waals surface area contributed by atoms with Crippen LogP contribution in [0.25, 0.3) is 11.1 Å². The Hall–Kier alpha value is -3.35. The number of carboxylic acids is 1. The van der Waals surface area contributed by atoms with Crippen molar-refractivity contribution in [1.82, 2.24) is 10.6 Å². The summed E-state index contributed by atoms with van der Waals surface area (Å²) < 4.78 is 5.53. The molecule has 3 N–H and O–H groups in total. The maximum Gasteiger partial charge on any atom is 0.407 e. The number of carboxylic acid groups (broad SMARTS) is 1. The molecule has 0 bridgehead atoms. The van der Waals surface area contributed by atoms with Crippen molar-refractivity contribution < 1.29 is 24.2 Å². The lowest BCUT2D eigenvalue weighted by Gasteiger charge is -2.29. The van der Waals surface area contributed by atoms with Crippen molar-refractivity contribution in [3.8, 4) is 11.1 Å². The Morgan fingerprint density at radius 1 is 1.03 bits per heavy atom. The van der Waals surface area contributed by atoms with E-state index in [1.54, 1.807) is 20.8 Å². The molecule has 0 aliphatic heterocycles. The number of hydrogen-bond donors (Lipinski definition) is 3. The Bertz CT molecular complexity index is 973. The van der Waals surface area contributed by atoms with Crippen molar-refractivity contribution in [3.05, 3.63) is 59.7 Å². The van der Waals surface area contributed by atoms with Crippen LogP contribution in [-0.4, -0.2) is 41.3 Å². The summed E-state index contributed by atoms with van der Waals surface area (Å²) in [6.07, 6.45) is -0.502. The molecule has 7 heteroatoms. The van der Waals surface area contributed by atoms with Gasteiger partial charge in [0.05, 0.1) is 0 Å². The van der Waals surface area contributed by atoms with Gasteiger partial charge in [-0.15, -0.1) is 0 Å². The zero-order valence-corrected chi connectivity index (χ0v) is 18.8. The molecule has 2 aromatic rings. The molecule has 0 fully saturated rings. The van der Waals surface area contributed by atoms with E-state index < -0.39 is 29.6 Å². The lowest BCUT2D eigenvalue weighted by molar-refractivity contribution is -0.147. The summed E-state index contributed by atoms with van der Waals surface area (Å²) in [5.41, 5.74) is 3.04. The molecule has 1 unspecified atom stereocenters. The smallest absolute Gasteiger partial charge is 0.407 e. The SMILES string of the molecule is CCC(C)(NC(=O)[C@@H](NC(=O)OCC1c2ccccc2-c2ccccc21)C(C)C)C(=O)O. The van der Waals surface area contributed by atoms with Crippen molar-refractivity contribution in [1.29, 1.82) is 0 Å². The first-order chi connectivity index (χ1) is 15.2. The molecule has 2 atom stereocenters. The molecule has 2 aromatic carbocycles. The van der Waals surface area contributed by atoms with Crippen LogP contribution < -0.4 is 10.6 Å². The molecule has 2 amide bonds. The maximum absolute atomic E-state index is 12.7. The van der Waals surface area contributed by atoms with E-state index in [0.717, 1.165) is 22.3 Å². The predicted octanol–water partition coefficient (Wildman–Crippen LogP) is 3.92. The third-order valence-electron chi connectivity index (χ3n) is 6.14. The molecule has 170 valence electrons. The first-order valence-corrected chi connectivity index (χ1v) is 10.8. The second-order valence-corrected chi connectivity index (χ2v) is 8.67. The number of carbonyl (C=O) groups excluding carboxylic acids is 2. The van der Waals surface area contributed by atoms with E-state index >= 15 is 0 Å². The van der Waals surface area contributed by atoms with E-state index in [-0.39, 0.29) is 24.9 Å². The number of ether oxygens (including phenoxy) is 1. The molecular weight excluding hydrogens is 408 g/mol. The van der Waals surface area contributed by atoms with Crippen molar-refractivity contribution in [3.63, 3.8) is 0 Å². The minimum atomic E-state index is -1.41. The highest BCUT2D eigenvalue weighted by Crippen LogP contribution is 2.44. The molecule has 0 aromatic heterocycles. The second-order valence-electron chi connectivity index (χ2n) is 8.67. The van der Waals surface area contributed by atoms with Crippen LogP contribution in [0.2, 0.25) is 0 Å². The van der Waals surface area contributed by atoms with Crippen LogP contribution in [0, 0.1) is 5.92 Å². The van der Waals surface area contributed by atoms with E-state index in [4.69, 9.17) is 4.74 Å². The number of fused-ring (bicyclic) bond motifs is 3. The number of rotatable bonds is 8. The highest BCUT2D eigenvalue weighted by atomic mass is 16.5. The quantitative estimate of drug-likeness (QED) is 0.579. The van der Waals surface area contributed by atoms with Gasteiger partial charge >= 0.3 is 12.1 Å². The third kappa shape index (κ3) is 4.61. The van der Waals surface area contributed by atoms with Crippen LogP contribution in [0.3, 0.4) is 0 Å². The number of hydrogen-bond acceptors (Lipinski definition) is 4. The Labute approximate surface area is 188 Å². The topological polar surface area (TPSA) is 105 Å². The number of nitrogens with one attached hydrogen (secondary N) is 2. The number of aliphatic carboxylic acids is 1. The van der Waals surface area contributed by atoms with E-state index in [0.29, 0.717) is 0 Å². The fourth-order valence-corrected chi connectivity index (χ4v) is 3.94. The van der Waals surface area contributed by atoms with Gasteiger partial charge in [-0.1, -0.05) is 69.3 Å². The van der Waals surface area contributed by atoms with E-state index in [1.807, 2.05) is 36.4 Å². The van der Waals surface area contributed by atoms with Crippen molar-refractivity contribution in [2.45, 2.75) is 51.6 Å². The Morgan fingerprint density at radius 2 is 1.56 bits per heavy atom. The molecule has 0 saturated heterocycles. The van der Waals surface area contributed by atoms with Crippen LogP contribution in [0.4, 0.5) is 4.79 Å². The third-order valence-corrected chi connectivity index (χ3v) is 6.14. The van der Waals surface area contributed by atoms with Crippen LogP contribution >= 0.6 is 0 Å². The Kier molecular flexibility index (Phi) is 6.87. The summed E-state index contributed by atoms with van der Waals surface area (Å²) in [7, 11) is 0. The normalized spacial score (nSPS) is 15.3. The van der Waals surface area contributed by atoms with E-state index in [2.05, 4.69) is 22.8 Å². The first kappa shape index (κ1) is 23.3. The number of benzene rings is 2. The molecule has 32 heavy (non-hydrogen) atoms. The molecule has 3 rings (SSSR count). The van der Waals surface area contributed by atoms with Gasteiger partial charge in [-0.05, 0) is 41.5 Å². The van der Waals surface area contributed by atoms with Gasteiger partial charge in [-0.25, -0.2) is 9.59 Å². The van der Waals surface area contributed by atoms with E-state index in [9.17, 15) is 19.5 Å². The van der Waals surface area contributed by atoms with Gasteiger partial charge in [0.25, 0.3) is 0 Å². The maximum atomic E-state index is 12.7. The first-order valence-electron chi connectivity index (χ1n) is 10.8. The molecule has 0 radical (unpaired) electrons. The van der Waals surface area contributed by atoms with Crippen LogP contribution in [0.1, 0.15) is 51.2 Å². The summed E-state index contributed by atoms with van der Waals surface area (Å²) in [5, 5.41) is 14.6. The summed E-state index contributed by atoms with van der Waals surface area (Å²) in [6.45, 7) is 6.81. The molecule has 0 heterocycles. The van der Waals surface area contributed by atoms with Gasteiger partial charge in [0.2, 0.25) is 5.91 Å². The van der Waals surface area contributed by atoms with Crippen LogP contribution in [0.5, 0.6) is 0 Å². The Balaban J connectivity index is 1.68. The molecule has 7 nitrogen and oxygen atoms in total. The average molecular weight is 439 g/mol. The van der Waals surface area contributed by atoms with Gasteiger partial charge in [0, 0.05) is 5.92 Å². The minimum absolute atomic E-state index is 0.0881.